The summed E-state index contributed by atoms with van der Waals surface area (Å²) in [7, 11) is -3.48. The lowest BCUT2D eigenvalue weighted by atomic mass is 10.2. The van der Waals surface area contributed by atoms with Crippen LogP contribution in [0.15, 0.2) is 47.4 Å². The SMILES string of the molecule is C=C(C)C#CCCCC#CS(=O)(=O)c1ccccc1. The Bertz CT molecular complexity index is 647. The third-order valence-electron chi connectivity index (χ3n) is 2.17. The fourth-order valence-electron chi connectivity index (χ4n) is 1.28. The molecule has 3 heteroatoms. The Morgan fingerprint density at radius 2 is 1.79 bits per heavy atom. The van der Waals surface area contributed by atoms with Gasteiger partial charge >= 0.3 is 0 Å². The zero-order valence-corrected chi connectivity index (χ0v) is 11.8. The van der Waals surface area contributed by atoms with Crippen LogP contribution in [-0.2, 0) is 9.84 Å². The minimum Gasteiger partial charge on any atom is -0.210 e. The van der Waals surface area contributed by atoms with Crippen molar-refractivity contribution in [2.45, 2.75) is 31.1 Å². The molecule has 19 heavy (non-hydrogen) atoms. The lowest BCUT2D eigenvalue weighted by Crippen LogP contribution is -1.95. The second kappa shape index (κ2) is 7.46. The van der Waals surface area contributed by atoms with Crippen molar-refractivity contribution in [3.05, 3.63) is 42.5 Å². The highest BCUT2D eigenvalue weighted by Crippen LogP contribution is 2.08. The molecule has 0 aromatic heterocycles. The van der Waals surface area contributed by atoms with Gasteiger partial charge in [0.1, 0.15) is 0 Å². The molecule has 0 atom stereocenters. The van der Waals surface area contributed by atoms with Crippen LogP contribution in [0.4, 0.5) is 0 Å². The van der Waals surface area contributed by atoms with E-state index in [1.807, 2.05) is 6.92 Å². The zero-order chi connectivity index (χ0) is 14.1. The quantitative estimate of drug-likeness (QED) is 0.481. The topological polar surface area (TPSA) is 34.1 Å². The van der Waals surface area contributed by atoms with Crippen molar-refractivity contribution in [3.63, 3.8) is 0 Å². The van der Waals surface area contributed by atoms with E-state index in [2.05, 4.69) is 29.6 Å². The zero-order valence-electron chi connectivity index (χ0n) is 10.9. The Morgan fingerprint density at radius 3 is 2.42 bits per heavy atom. The van der Waals surface area contributed by atoms with E-state index in [9.17, 15) is 8.42 Å². The molecule has 1 rings (SSSR count). The van der Waals surface area contributed by atoms with Crippen LogP contribution in [-0.4, -0.2) is 8.42 Å². The maximum absolute atomic E-state index is 11.8. The predicted octanol–water partition coefficient (Wildman–Crippen LogP) is 3.17. The Kier molecular flexibility index (Phi) is 5.93. The fraction of sp³-hybridized carbons (Fsp3) is 0.250. The molecule has 0 aliphatic rings. The van der Waals surface area contributed by atoms with Gasteiger partial charge in [-0.1, -0.05) is 42.5 Å². The summed E-state index contributed by atoms with van der Waals surface area (Å²) in [4.78, 5) is 0.240. The lowest BCUT2D eigenvalue weighted by molar-refractivity contribution is 0.606. The average molecular weight is 272 g/mol. The molecule has 1 aromatic rings. The first-order chi connectivity index (χ1) is 9.02. The highest BCUT2D eigenvalue weighted by Gasteiger charge is 2.08. The highest BCUT2D eigenvalue weighted by atomic mass is 32.2. The first kappa shape index (κ1) is 15.1. The summed E-state index contributed by atoms with van der Waals surface area (Å²) in [5, 5.41) is 2.33. The first-order valence-corrected chi connectivity index (χ1v) is 7.45. The third-order valence-corrected chi connectivity index (χ3v) is 3.47. The Labute approximate surface area is 115 Å². The Hall–Kier alpha value is -1.97. The molecule has 0 fully saturated rings. The van der Waals surface area contributed by atoms with Crippen LogP contribution in [0.3, 0.4) is 0 Å². The van der Waals surface area contributed by atoms with E-state index in [1.165, 1.54) is 0 Å². The van der Waals surface area contributed by atoms with Gasteiger partial charge in [-0.15, -0.1) is 0 Å². The number of rotatable bonds is 3. The molecule has 0 bridgehead atoms. The van der Waals surface area contributed by atoms with Crippen molar-refractivity contribution in [1.82, 2.24) is 0 Å². The monoisotopic (exact) mass is 272 g/mol. The number of hydrogen-bond acceptors (Lipinski definition) is 2. The van der Waals surface area contributed by atoms with Gasteiger partial charge in [-0.25, -0.2) is 8.42 Å². The highest BCUT2D eigenvalue weighted by molar-refractivity contribution is 7.96. The van der Waals surface area contributed by atoms with Crippen LogP contribution >= 0.6 is 0 Å². The summed E-state index contributed by atoms with van der Waals surface area (Å²) in [5.41, 5.74) is 0.831. The largest absolute Gasteiger partial charge is 0.245 e. The van der Waals surface area contributed by atoms with E-state index in [0.717, 1.165) is 12.0 Å². The van der Waals surface area contributed by atoms with Gasteiger partial charge in [0.25, 0.3) is 0 Å². The Morgan fingerprint density at radius 1 is 1.16 bits per heavy atom. The maximum atomic E-state index is 11.8. The molecule has 0 heterocycles. The number of benzene rings is 1. The van der Waals surface area contributed by atoms with Crippen LogP contribution in [0.1, 0.15) is 26.2 Å². The van der Waals surface area contributed by atoms with Crippen molar-refractivity contribution < 1.29 is 8.42 Å². The summed E-state index contributed by atoms with van der Waals surface area (Å²) in [5.74, 6) is 8.50. The molecule has 0 N–H and O–H groups in total. The molecule has 0 aliphatic heterocycles. The fourth-order valence-corrected chi connectivity index (χ4v) is 2.21. The van der Waals surface area contributed by atoms with Crippen molar-refractivity contribution in [1.29, 1.82) is 0 Å². The minimum absolute atomic E-state index is 0.240. The molecule has 0 radical (unpaired) electrons. The van der Waals surface area contributed by atoms with Crippen LogP contribution in [0.25, 0.3) is 0 Å². The lowest BCUT2D eigenvalue weighted by Gasteiger charge is -1.94. The van der Waals surface area contributed by atoms with Crippen molar-refractivity contribution in [3.8, 4) is 23.0 Å². The molecule has 1 aromatic carbocycles. The summed E-state index contributed by atoms with van der Waals surface area (Å²) >= 11 is 0. The smallest absolute Gasteiger partial charge is 0.210 e. The van der Waals surface area contributed by atoms with Gasteiger partial charge in [0.2, 0.25) is 9.84 Å². The number of unbranched alkanes of at least 4 members (excludes halogenated alkanes) is 2. The van der Waals surface area contributed by atoms with Gasteiger partial charge in [-0.2, -0.15) is 0 Å². The molecular formula is C16H16O2S. The standard InChI is InChI=1S/C16H16O2S/c1-15(2)11-7-4-3-5-10-14-19(17,18)16-12-8-6-9-13-16/h6,8-9,12-13H,1,3-5H2,2H3. The maximum Gasteiger partial charge on any atom is 0.245 e. The van der Waals surface area contributed by atoms with Gasteiger partial charge in [-0.3, -0.25) is 0 Å². The molecule has 0 amide bonds. The number of allylic oxidation sites excluding steroid dienone is 1. The van der Waals surface area contributed by atoms with Crippen molar-refractivity contribution >= 4 is 9.84 Å². The normalized spacial score (nSPS) is 9.74. The predicted molar refractivity (Wildman–Crippen MR) is 77.8 cm³/mol. The van der Waals surface area contributed by atoms with Crippen LogP contribution in [0, 0.1) is 23.0 Å². The van der Waals surface area contributed by atoms with Gasteiger partial charge in [-0.05, 0) is 31.1 Å². The second-order valence-electron chi connectivity index (χ2n) is 4.03. The van der Waals surface area contributed by atoms with Gasteiger partial charge in [0.15, 0.2) is 0 Å². The van der Waals surface area contributed by atoms with Gasteiger partial charge in [0, 0.05) is 18.1 Å². The minimum atomic E-state index is -3.48. The van der Waals surface area contributed by atoms with E-state index < -0.39 is 9.84 Å². The third kappa shape index (κ3) is 5.95. The molecule has 0 saturated carbocycles. The van der Waals surface area contributed by atoms with Crippen LogP contribution in [0.2, 0.25) is 0 Å². The van der Waals surface area contributed by atoms with E-state index in [1.54, 1.807) is 30.3 Å². The summed E-state index contributed by atoms with van der Waals surface area (Å²) < 4.78 is 23.6. The molecule has 0 unspecified atom stereocenters. The average Bonchev–Trinajstić information content (AvgIpc) is 2.38. The van der Waals surface area contributed by atoms with E-state index in [-0.39, 0.29) is 4.90 Å². The second-order valence-corrected chi connectivity index (χ2v) is 5.71. The first-order valence-electron chi connectivity index (χ1n) is 5.96. The molecule has 98 valence electrons. The Balaban J connectivity index is 2.51. The van der Waals surface area contributed by atoms with Crippen LogP contribution < -0.4 is 0 Å². The molecule has 0 spiro atoms. The molecule has 0 saturated heterocycles. The van der Waals surface area contributed by atoms with E-state index in [0.29, 0.717) is 12.8 Å². The van der Waals surface area contributed by atoms with Crippen molar-refractivity contribution in [2.75, 3.05) is 0 Å². The molecule has 0 aliphatic carbocycles. The number of hydrogen-bond donors (Lipinski definition) is 0. The number of sulfone groups is 1. The van der Waals surface area contributed by atoms with E-state index >= 15 is 0 Å². The summed E-state index contributed by atoms with van der Waals surface area (Å²) in [6, 6.07) is 8.22. The van der Waals surface area contributed by atoms with Gasteiger partial charge in [0.05, 0.1) is 4.90 Å². The summed E-state index contributed by atoms with van der Waals surface area (Å²) in [6.07, 6.45) is 1.99. The molecule has 2 nitrogen and oxygen atoms in total. The van der Waals surface area contributed by atoms with Crippen molar-refractivity contribution in [2.24, 2.45) is 0 Å². The van der Waals surface area contributed by atoms with Crippen LogP contribution in [0.5, 0.6) is 0 Å². The van der Waals surface area contributed by atoms with Gasteiger partial charge < -0.3 is 0 Å². The molecular weight excluding hydrogens is 256 g/mol. The van der Waals surface area contributed by atoms with E-state index in [4.69, 9.17) is 0 Å². The summed E-state index contributed by atoms with van der Waals surface area (Å²) in [6.45, 7) is 5.52.